The predicted molar refractivity (Wildman–Crippen MR) is 102 cm³/mol. The van der Waals surface area contributed by atoms with Gasteiger partial charge in [-0.25, -0.2) is 0 Å². The molecule has 18 N–H and O–H groups in total. The number of hydrogen-bond acceptors (Lipinski definition) is 9. The molecule has 40 heavy (non-hydrogen) atoms. The first kappa shape index (κ1) is 83.6. The van der Waals surface area contributed by atoms with E-state index in [1.807, 2.05) is 0 Å². The SMILES string of the molecule is O=[Si](O)O.O=[Si](O)O.O=[Si](O)O.O=[Si](O)O.O=[Si](O)O.O=[Si](O)O.O=[Si](O)O.O=[Si](O)O.O=[Si](O)O.[H-].[H-].[H-].[H-].[Na+].[Na+].[Na+].[Na+]. The second kappa shape index (κ2) is 77.4. The maximum atomic E-state index is 8.74. The molecule has 0 bridgehead atoms. The Hall–Kier alpha value is 0.552. The van der Waals surface area contributed by atoms with Gasteiger partial charge in [0.05, 0.1) is 0 Å². The van der Waals surface area contributed by atoms with Gasteiger partial charge in [-0.05, 0) is 0 Å². The summed E-state index contributed by atoms with van der Waals surface area (Å²) in [5, 5.41) is 0. The second-order valence-corrected chi connectivity index (χ2v) is 7.63. The summed E-state index contributed by atoms with van der Waals surface area (Å²) in [6.45, 7) is 0. The molecule has 0 unspecified atom stereocenters. The molecule has 0 rings (SSSR count). The Morgan fingerprint density at radius 3 is 0.200 bits per heavy atom. The van der Waals surface area contributed by atoms with Crippen molar-refractivity contribution in [2.24, 2.45) is 0 Å². The van der Waals surface area contributed by atoms with Crippen molar-refractivity contribution in [3.8, 4) is 0 Å². The first-order valence-electron chi connectivity index (χ1n) is 5.86. The van der Waals surface area contributed by atoms with E-state index in [0.29, 0.717) is 0 Å². The first-order valence-corrected chi connectivity index (χ1v) is 17.6. The van der Waals surface area contributed by atoms with Crippen LogP contribution in [0.25, 0.3) is 0 Å². The third-order valence-corrected chi connectivity index (χ3v) is 0. The predicted octanol–water partition coefficient (Wildman–Crippen LogP) is -26.1. The van der Waals surface area contributed by atoms with Crippen LogP contribution in [0.4, 0.5) is 0 Å². The normalized spacial score (nSPS) is 5.40. The standard InChI is InChI=1S/4Na.9H2O3Si.4H/c;;;;9*1-4(2)3;;;;/h;;;;9*1-2H;;;;/q4*+1;;;;;;;;;;4*-1. The maximum Gasteiger partial charge on any atom is 1.00 e. The van der Waals surface area contributed by atoms with Gasteiger partial charge < -0.3 is 92.0 Å². The van der Waals surface area contributed by atoms with Gasteiger partial charge in [-0.2, -0.15) is 0 Å². The molecule has 0 aromatic rings. The van der Waals surface area contributed by atoms with Gasteiger partial charge in [0, 0.05) is 0 Å². The van der Waals surface area contributed by atoms with E-state index in [0.717, 1.165) is 0 Å². The summed E-state index contributed by atoms with van der Waals surface area (Å²) in [6, 6.07) is 0. The van der Waals surface area contributed by atoms with Crippen molar-refractivity contribution in [3.05, 3.63) is 0 Å². The van der Waals surface area contributed by atoms with Gasteiger partial charge in [0.15, 0.2) is 0 Å². The fourth-order valence-corrected chi connectivity index (χ4v) is 0. The molecule has 0 amide bonds. The van der Waals surface area contributed by atoms with Gasteiger partial charge in [0.1, 0.15) is 0 Å². The van der Waals surface area contributed by atoms with E-state index in [9.17, 15) is 0 Å². The topological polar surface area (TPSA) is 518 Å². The minimum Gasteiger partial charge on any atom is -1.00 e. The molecule has 224 valence electrons. The van der Waals surface area contributed by atoms with E-state index in [4.69, 9.17) is 126 Å². The Bertz CT molecular complexity index is 446. The Morgan fingerprint density at radius 1 is 0.200 bits per heavy atom. The Balaban J connectivity index is -0.0000000121. The van der Waals surface area contributed by atoms with E-state index < -0.39 is 82.5 Å². The molecular weight excluding hydrogens is 777 g/mol. The van der Waals surface area contributed by atoms with Gasteiger partial charge in [0.2, 0.25) is 0 Å². The fourth-order valence-electron chi connectivity index (χ4n) is 0. The summed E-state index contributed by atoms with van der Waals surface area (Å²) in [7, 11) is -28.2. The van der Waals surface area contributed by atoms with E-state index in [-0.39, 0.29) is 124 Å². The van der Waals surface area contributed by atoms with Crippen LogP contribution in [0.5, 0.6) is 0 Å². The van der Waals surface area contributed by atoms with Crippen molar-refractivity contribution in [1.29, 1.82) is 0 Å². The zero-order valence-electron chi connectivity index (χ0n) is 24.2. The van der Waals surface area contributed by atoms with Crippen LogP contribution < -0.4 is 118 Å². The van der Waals surface area contributed by atoms with Crippen molar-refractivity contribution in [2.45, 2.75) is 0 Å². The van der Waals surface area contributed by atoms with Gasteiger partial charge in [-0.1, -0.05) is 0 Å². The molecule has 40 heteroatoms. The summed E-state index contributed by atoms with van der Waals surface area (Å²) in [5.74, 6) is 0. The molecule has 0 spiro atoms. The van der Waals surface area contributed by atoms with E-state index >= 15 is 0 Å². The minimum atomic E-state index is -3.13. The fraction of sp³-hybridized carbons (Fsp3) is 0. The third-order valence-electron chi connectivity index (χ3n) is 0. The van der Waals surface area contributed by atoms with Crippen LogP contribution in [-0.4, -0.2) is 169 Å². The van der Waals surface area contributed by atoms with Crippen molar-refractivity contribution < 1.29 is 250 Å². The molecule has 27 nitrogen and oxygen atoms in total. The van der Waals surface area contributed by atoms with Crippen molar-refractivity contribution in [2.75, 3.05) is 0 Å². The molecule has 0 aliphatic rings. The smallest absolute Gasteiger partial charge is 1.00 e. The molecule has 0 radical (unpaired) electrons. The number of hydrogen-bond donors (Lipinski definition) is 18. The zero-order valence-corrected chi connectivity index (χ0v) is 37.2. The van der Waals surface area contributed by atoms with Crippen LogP contribution in [0.1, 0.15) is 5.71 Å². The summed E-state index contributed by atoms with van der Waals surface area (Å²) < 4.78 is 78.7. The third kappa shape index (κ3) is 178000. The molecular formula is H22Na4O27Si9. The molecule has 0 saturated heterocycles. The summed E-state index contributed by atoms with van der Waals surface area (Å²) in [5.41, 5.74) is 0. The summed E-state index contributed by atoms with van der Waals surface area (Å²) >= 11 is 0. The van der Waals surface area contributed by atoms with Crippen molar-refractivity contribution >= 4 is 82.5 Å². The minimum absolute atomic E-state index is 0. The summed E-state index contributed by atoms with van der Waals surface area (Å²) in [6.07, 6.45) is 0. The van der Waals surface area contributed by atoms with Crippen LogP contribution >= 0.6 is 0 Å². The molecule has 0 atom stereocenters. The van der Waals surface area contributed by atoms with Crippen LogP contribution in [0.15, 0.2) is 0 Å². The van der Waals surface area contributed by atoms with Crippen LogP contribution in [0.3, 0.4) is 0 Å². The molecule has 0 heterocycles. The van der Waals surface area contributed by atoms with Gasteiger partial charge >= 0.3 is 201 Å². The second-order valence-electron chi connectivity index (χ2n) is 2.54. The summed E-state index contributed by atoms with van der Waals surface area (Å²) in [4.78, 5) is 129. The molecule has 0 aliphatic heterocycles. The van der Waals surface area contributed by atoms with Gasteiger partial charge in [-0.3, -0.25) is 40.2 Å². The van der Waals surface area contributed by atoms with Crippen molar-refractivity contribution in [3.63, 3.8) is 0 Å². The molecule has 0 aromatic heterocycles. The largest absolute Gasteiger partial charge is 1.00 e. The van der Waals surface area contributed by atoms with Crippen LogP contribution in [-0.2, 0) is 40.2 Å². The maximum absolute atomic E-state index is 8.74. The average Bonchev–Trinajstić information content (AvgIpc) is 2.39. The first-order chi connectivity index (χ1) is 15.6. The quantitative estimate of drug-likeness (QED) is 0.101. The molecule has 0 aromatic carbocycles. The Labute approximate surface area is 328 Å². The van der Waals surface area contributed by atoms with E-state index in [2.05, 4.69) is 0 Å². The molecule has 0 saturated carbocycles. The van der Waals surface area contributed by atoms with Crippen LogP contribution in [0.2, 0.25) is 0 Å². The monoisotopic (exact) mass is 798 g/mol. The Kier molecular flexibility index (Phi) is 162. The van der Waals surface area contributed by atoms with Gasteiger partial charge in [-0.15, -0.1) is 0 Å². The van der Waals surface area contributed by atoms with E-state index in [1.54, 1.807) is 0 Å². The molecule has 0 aliphatic carbocycles. The average molecular weight is 799 g/mol. The van der Waals surface area contributed by atoms with Gasteiger partial charge in [0.25, 0.3) is 0 Å². The number of rotatable bonds is 0. The van der Waals surface area contributed by atoms with E-state index in [1.165, 1.54) is 0 Å². The van der Waals surface area contributed by atoms with Crippen LogP contribution in [0, 0.1) is 0 Å². The zero-order chi connectivity index (χ0) is 32.2. The van der Waals surface area contributed by atoms with Crippen molar-refractivity contribution in [1.82, 2.24) is 0 Å². The molecule has 0 fully saturated rings. The Morgan fingerprint density at radius 2 is 0.200 bits per heavy atom.